The van der Waals surface area contributed by atoms with E-state index >= 15 is 0 Å². The Labute approximate surface area is 119 Å². The zero-order valence-electron chi connectivity index (χ0n) is 12.0. The highest BCUT2D eigenvalue weighted by Crippen LogP contribution is 2.02. The molecule has 10 nitrogen and oxygen atoms in total. The second kappa shape index (κ2) is 8.80. The van der Waals surface area contributed by atoms with Gasteiger partial charge in [-0.15, -0.1) is 0 Å². The first-order valence-electron chi connectivity index (χ1n) is 6.25. The first kappa shape index (κ1) is 17.8. The molecule has 0 unspecified atom stereocenters. The molecule has 0 spiro atoms. The van der Waals surface area contributed by atoms with Crippen LogP contribution in [0.15, 0.2) is 15.0 Å². The summed E-state index contributed by atoms with van der Waals surface area (Å²) in [6, 6.07) is 0. The maximum Gasteiger partial charge on any atom is 0.186 e. The Balaban J connectivity index is 4.52. The largest absolute Gasteiger partial charge is 0.370 e. The number of quaternary nitrogens is 1. The van der Waals surface area contributed by atoms with E-state index in [9.17, 15) is 0 Å². The maximum absolute atomic E-state index is 5.31. The minimum atomic E-state index is 0.0741. The molecule has 0 aliphatic carbocycles. The Morgan fingerprint density at radius 1 is 0.650 bits per heavy atom. The number of nitrogens with zero attached hydrogens (tertiary/aromatic N) is 4. The fraction of sp³-hybridized carbons (Fsp3) is 0.700. The summed E-state index contributed by atoms with van der Waals surface area (Å²) >= 11 is 0. The molecule has 10 heteroatoms. The first-order valence-corrected chi connectivity index (χ1v) is 6.25. The van der Waals surface area contributed by atoms with Gasteiger partial charge in [-0.3, -0.25) is 0 Å². The van der Waals surface area contributed by atoms with Crippen molar-refractivity contribution in [2.45, 2.75) is 0 Å². The first-order chi connectivity index (χ1) is 9.25. The van der Waals surface area contributed by atoms with Crippen LogP contribution < -0.4 is 34.4 Å². The molecule has 0 aromatic carbocycles. The van der Waals surface area contributed by atoms with E-state index in [1.807, 2.05) is 7.05 Å². The molecule has 0 atom stereocenters. The standard InChI is InChI=1S/C10H27N10/c1-20(5-2-17-8(11)12,6-3-18-9(13)14)7-4-19-10(15)16/h2-7H2,1H3,(H4,11,12,17)(H4,13,14,18)(H4,15,16,19)/q+1. The van der Waals surface area contributed by atoms with Gasteiger partial charge in [0.2, 0.25) is 0 Å². The van der Waals surface area contributed by atoms with E-state index in [0.717, 1.165) is 19.6 Å². The molecule has 0 rings (SSSR count). The summed E-state index contributed by atoms with van der Waals surface area (Å²) < 4.78 is 0.657. The summed E-state index contributed by atoms with van der Waals surface area (Å²) in [6.45, 7) is 3.75. The molecule has 20 heavy (non-hydrogen) atoms. The van der Waals surface area contributed by atoms with Crippen molar-refractivity contribution in [3.8, 4) is 0 Å². The highest BCUT2D eigenvalue weighted by Gasteiger charge is 2.20. The summed E-state index contributed by atoms with van der Waals surface area (Å²) in [4.78, 5) is 11.9. The predicted molar refractivity (Wildman–Crippen MR) is 82.8 cm³/mol. The van der Waals surface area contributed by atoms with Crippen molar-refractivity contribution in [3.63, 3.8) is 0 Å². The Hall–Kier alpha value is -2.23. The molecule has 0 bridgehead atoms. The molecule has 0 saturated heterocycles. The second-order valence-corrected chi connectivity index (χ2v) is 4.71. The number of guanidine groups is 3. The zero-order chi connectivity index (χ0) is 15.6. The molecule has 0 fully saturated rings. The smallest absolute Gasteiger partial charge is 0.186 e. The molecule has 116 valence electrons. The normalized spacial score (nSPS) is 10.7. The van der Waals surface area contributed by atoms with Crippen molar-refractivity contribution < 1.29 is 4.48 Å². The van der Waals surface area contributed by atoms with Crippen LogP contribution >= 0.6 is 0 Å². The molecular formula is C10H27N10+. The molecule has 0 radical (unpaired) electrons. The fourth-order valence-corrected chi connectivity index (χ4v) is 1.60. The molecular weight excluding hydrogens is 260 g/mol. The van der Waals surface area contributed by atoms with Gasteiger partial charge >= 0.3 is 0 Å². The minimum absolute atomic E-state index is 0.0741. The summed E-state index contributed by atoms with van der Waals surface area (Å²) in [5.74, 6) is 0.222. The lowest BCUT2D eigenvalue weighted by atomic mass is 10.3. The van der Waals surface area contributed by atoms with Gasteiger partial charge in [0.15, 0.2) is 17.9 Å². The third-order valence-electron chi connectivity index (χ3n) is 2.80. The van der Waals surface area contributed by atoms with Crippen LogP contribution in [0.1, 0.15) is 0 Å². The molecule has 0 aromatic rings. The molecule has 0 amide bonds. The van der Waals surface area contributed by atoms with Crippen LogP contribution in [0.25, 0.3) is 0 Å². The van der Waals surface area contributed by atoms with E-state index in [4.69, 9.17) is 34.4 Å². The highest BCUT2D eigenvalue weighted by atomic mass is 15.3. The lowest BCUT2D eigenvalue weighted by molar-refractivity contribution is -0.905. The second-order valence-electron chi connectivity index (χ2n) is 4.71. The average Bonchev–Trinajstić information content (AvgIpc) is 2.27. The molecule has 0 aromatic heterocycles. The highest BCUT2D eigenvalue weighted by molar-refractivity contribution is 5.76. The van der Waals surface area contributed by atoms with Gasteiger partial charge in [0.05, 0.1) is 46.3 Å². The monoisotopic (exact) mass is 287 g/mol. The fourth-order valence-electron chi connectivity index (χ4n) is 1.60. The van der Waals surface area contributed by atoms with E-state index < -0.39 is 0 Å². The summed E-state index contributed by atoms with van der Waals surface area (Å²) in [5.41, 5.74) is 31.9. The summed E-state index contributed by atoms with van der Waals surface area (Å²) in [6.07, 6.45) is 0. The summed E-state index contributed by atoms with van der Waals surface area (Å²) in [5, 5.41) is 0. The third-order valence-corrected chi connectivity index (χ3v) is 2.80. The number of nitrogens with two attached hydrogens (primary N) is 6. The molecule has 0 aliphatic rings. The lowest BCUT2D eigenvalue weighted by Gasteiger charge is -2.33. The van der Waals surface area contributed by atoms with E-state index in [0.29, 0.717) is 24.1 Å². The van der Waals surface area contributed by atoms with Gasteiger partial charge in [-0.2, -0.15) is 0 Å². The van der Waals surface area contributed by atoms with Crippen LogP contribution in [-0.4, -0.2) is 68.7 Å². The number of likely N-dealkylation sites (N-methyl/N-ethyl adjacent to an activating group) is 1. The average molecular weight is 287 g/mol. The molecule has 12 N–H and O–H groups in total. The number of hydrogen-bond donors (Lipinski definition) is 6. The van der Waals surface area contributed by atoms with E-state index in [1.165, 1.54) is 0 Å². The van der Waals surface area contributed by atoms with Gasteiger partial charge in [0.25, 0.3) is 0 Å². The number of aliphatic imine (C=N–C) groups is 3. The van der Waals surface area contributed by atoms with Crippen LogP contribution in [-0.2, 0) is 0 Å². The third kappa shape index (κ3) is 9.76. The van der Waals surface area contributed by atoms with Gasteiger partial charge in [0.1, 0.15) is 0 Å². The molecule has 0 heterocycles. The van der Waals surface area contributed by atoms with Crippen molar-refractivity contribution >= 4 is 17.9 Å². The van der Waals surface area contributed by atoms with E-state index in [1.54, 1.807) is 0 Å². The number of rotatable bonds is 9. The van der Waals surface area contributed by atoms with Gasteiger partial charge in [0, 0.05) is 0 Å². The minimum Gasteiger partial charge on any atom is -0.370 e. The predicted octanol–water partition coefficient (Wildman–Crippen LogP) is -3.75. The molecule has 0 saturated carbocycles. The molecule has 0 aliphatic heterocycles. The van der Waals surface area contributed by atoms with Gasteiger partial charge in [-0.05, 0) is 0 Å². The van der Waals surface area contributed by atoms with Crippen molar-refractivity contribution in [1.29, 1.82) is 0 Å². The van der Waals surface area contributed by atoms with E-state index in [-0.39, 0.29) is 17.9 Å². The van der Waals surface area contributed by atoms with Crippen molar-refractivity contribution in [2.75, 3.05) is 46.3 Å². The van der Waals surface area contributed by atoms with Crippen LogP contribution in [0.2, 0.25) is 0 Å². The lowest BCUT2D eigenvalue weighted by Crippen LogP contribution is -2.50. The van der Waals surface area contributed by atoms with Crippen LogP contribution in [0.4, 0.5) is 0 Å². The Morgan fingerprint density at radius 3 is 1.10 bits per heavy atom. The van der Waals surface area contributed by atoms with Crippen LogP contribution in [0.5, 0.6) is 0 Å². The Bertz CT molecular complexity index is 305. The maximum atomic E-state index is 5.31. The Morgan fingerprint density at radius 2 is 0.900 bits per heavy atom. The van der Waals surface area contributed by atoms with Crippen LogP contribution in [0.3, 0.4) is 0 Å². The Kier molecular flexibility index (Phi) is 7.82. The van der Waals surface area contributed by atoms with Crippen molar-refractivity contribution in [2.24, 2.45) is 49.4 Å². The van der Waals surface area contributed by atoms with Gasteiger partial charge in [-0.1, -0.05) is 0 Å². The number of hydrogen-bond acceptors (Lipinski definition) is 3. The zero-order valence-corrected chi connectivity index (χ0v) is 12.0. The topological polar surface area (TPSA) is 193 Å². The van der Waals surface area contributed by atoms with E-state index in [2.05, 4.69) is 15.0 Å². The van der Waals surface area contributed by atoms with Gasteiger partial charge in [-0.25, -0.2) is 15.0 Å². The quantitative estimate of drug-likeness (QED) is 0.143. The summed E-state index contributed by atoms with van der Waals surface area (Å²) in [7, 11) is 2.05. The SMILES string of the molecule is C[N+](CCN=C(N)N)(CCN=C(N)N)CCN=C(N)N. The van der Waals surface area contributed by atoms with Crippen molar-refractivity contribution in [1.82, 2.24) is 0 Å². The van der Waals surface area contributed by atoms with Gasteiger partial charge < -0.3 is 38.9 Å². The van der Waals surface area contributed by atoms with Crippen LogP contribution in [0, 0.1) is 0 Å². The van der Waals surface area contributed by atoms with Crippen molar-refractivity contribution in [3.05, 3.63) is 0 Å².